The lowest BCUT2D eigenvalue weighted by atomic mass is 10.3. The highest BCUT2D eigenvalue weighted by atomic mass is 79.9. The Labute approximate surface area is 96.2 Å². The first kappa shape index (κ1) is 10.2. The highest BCUT2D eigenvalue weighted by Gasteiger charge is 2.12. The molecule has 0 saturated carbocycles. The largest absolute Gasteiger partial charge is 0.386 e. The van der Waals surface area contributed by atoms with Crippen molar-refractivity contribution >= 4 is 21.8 Å². The van der Waals surface area contributed by atoms with Crippen molar-refractivity contribution in [3.63, 3.8) is 0 Å². The number of imidazole rings is 1. The first-order chi connectivity index (χ1) is 7.25. The number of aromatic nitrogens is 2. The smallest absolute Gasteiger partial charge is 0.119 e. The number of aromatic amines is 1. The molecule has 0 aliphatic carbocycles. The third-order valence-electron chi connectivity index (χ3n) is 2.20. The highest BCUT2D eigenvalue weighted by molar-refractivity contribution is 9.11. The monoisotopic (exact) mass is 269 g/mol. The molecule has 1 aromatic heterocycles. The molecule has 0 spiro atoms. The number of rotatable bonds is 3. The average molecular weight is 270 g/mol. The molecule has 0 atom stereocenters. The number of halogens is 1. The van der Waals surface area contributed by atoms with Crippen molar-refractivity contribution < 1.29 is 0 Å². The molecular weight excluding hydrogens is 258 g/mol. The summed E-state index contributed by atoms with van der Waals surface area (Å²) in [7, 11) is 0. The van der Waals surface area contributed by atoms with Gasteiger partial charge in [0.2, 0.25) is 0 Å². The Morgan fingerprint density at radius 1 is 1.60 bits per heavy atom. The fourth-order valence-electron chi connectivity index (χ4n) is 1.39. The van der Waals surface area contributed by atoms with Crippen LogP contribution in [0.3, 0.4) is 0 Å². The Bertz CT molecular complexity index is 381. The second kappa shape index (κ2) is 4.48. The van der Waals surface area contributed by atoms with Crippen LogP contribution < -0.4 is 5.73 Å². The Balaban J connectivity index is 1.91. The Hall–Kier alpha value is -1.30. The van der Waals surface area contributed by atoms with E-state index in [2.05, 4.69) is 35.8 Å². The summed E-state index contributed by atoms with van der Waals surface area (Å²) in [5.74, 6) is 0.641. The lowest BCUT2D eigenvalue weighted by Crippen LogP contribution is -2.35. The van der Waals surface area contributed by atoms with Gasteiger partial charge < -0.3 is 15.6 Å². The van der Waals surface area contributed by atoms with Gasteiger partial charge in [0.1, 0.15) is 5.84 Å². The van der Waals surface area contributed by atoms with Gasteiger partial charge in [-0.25, -0.2) is 9.98 Å². The van der Waals surface area contributed by atoms with E-state index in [-0.39, 0.29) is 0 Å². The number of nitrogens with zero attached hydrogens (tertiary/aromatic N) is 3. The molecule has 0 aromatic carbocycles. The number of nitrogens with one attached hydrogen (secondary N) is 1. The van der Waals surface area contributed by atoms with Crippen LogP contribution in [0.5, 0.6) is 0 Å². The second-order valence-corrected chi connectivity index (χ2v) is 4.13. The predicted molar refractivity (Wildman–Crippen MR) is 62.5 cm³/mol. The number of aliphatic imine (C=N–C) groups is 1. The number of hydrogen-bond acceptors (Lipinski definition) is 4. The molecule has 0 radical (unpaired) electrons. The quantitative estimate of drug-likeness (QED) is 0.799. The van der Waals surface area contributed by atoms with Crippen molar-refractivity contribution in [2.45, 2.75) is 6.42 Å². The molecule has 1 aliphatic heterocycles. The second-order valence-electron chi connectivity index (χ2n) is 3.32. The van der Waals surface area contributed by atoms with Gasteiger partial charge in [0.15, 0.2) is 0 Å². The van der Waals surface area contributed by atoms with Crippen LogP contribution in [0.2, 0.25) is 0 Å². The lowest BCUT2D eigenvalue weighted by molar-refractivity contribution is 0.415. The van der Waals surface area contributed by atoms with Crippen LogP contribution >= 0.6 is 15.9 Å². The molecule has 80 valence electrons. The van der Waals surface area contributed by atoms with Gasteiger partial charge in [-0.15, -0.1) is 0 Å². The maximum Gasteiger partial charge on any atom is 0.119 e. The number of amidine groups is 1. The van der Waals surface area contributed by atoms with Gasteiger partial charge >= 0.3 is 0 Å². The summed E-state index contributed by atoms with van der Waals surface area (Å²) in [6, 6.07) is 0. The van der Waals surface area contributed by atoms with Crippen LogP contribution in [0.4, 0.5) is 0 Å². The highest BCUT2D eigenvalue weighted by Crippen LogP contribution is 2.15. The van der Waals surface area contributed by atoms with E-state index >= 15 is 0 Å². The van der Waals surface area contributed by atoms with Crippen molar-refractivity contribution in [1.29, 1.82) is 0 Å². The fourth-order valence-corrected chi connectivity index (χ4v) is 1.80. The third-order valence-corrected chi connectivity index (χ3v) is 2.90. The zero-order valence-corrected chi connectivity index (χ0v) is 9.74. The Morgan fingerprint density at radius 3 is 3.20 bits per heavy atom. The van der Waals surface area contributed by atoms with Crippen LogP contribution in [0, 0.1) is 0 Å². The van der Waals surface area contributed by atoms with Crippen molar-refractivity contribution in [3.05, 3.63) is 29.0 Å². The van der Waals surface area contributed by atoms with E-state index < -0.39 is 0 Å². The molecule has 0 saturated heterocycles. The summed E-state index contributed by atoms with van der Waals surface area (Å²) in [5.41, 5.74) is 6.78. The van der Waals surface area contributed by atoms with E-state index in [1.165, 1.54) is 0 Å². The van der Waals surface area contributed by atoms with Crippen molar-refractivity contribution in [2.75, 3.05) is 13.1 Å². The summed E-state index contributed by atoms with van der Waals surface area (Å²) in [6.45, 7) is 1.56. The molecule has 2 heterocycles. The van der Waals surface area contributed by atoms with Gasteiger partial charge in [-0.1, -0.05) is 0 Å². The van der Waals surface area contributed by atoms with Crippen LogP contribution in [-0.4, -0.2) is 33.8 Å². The van der Waals surface area contributed by atoms with Crippen LogP contribution in [-0.2, 0) is 6.42 Å². The maximum atomic E-state index is 5.66. The normalized spacial score (nSPS) is 16.2. The van der Waals surface area contributed by atoms with E-state index in [0.29, 0.717) is 12.4 Å². The summed E-state index contributed by atoms with van der Waals surface area (Å²) in [5, 5.41) is 0. The Morgan fingerprint density at radius 2 is 2.47 bits per heavy atom. The molecule has 0 bridgehead atoms. The zero-order chi connectivity index (χ0) is 10.7. The topological polar surface area (TPSA) is 70.3 Å². The number of nitrogens with two attached hydrogens (primary N) is 1. The molecule has 1 aromatic rings. The molecule has 5 nitrogen and oxygen atoms in total. The van der Waals surface area contributed by atoms with E-state index in [1.807, 2.05) is 6.20 Å². The van der Waals surface area contributed by atoms with E-state index in [1.54, 1.807) is 12.5 Å². The Kier molecular flexibility index (Phi) is 3.05. The third kappa shape index (κ3) is 2.59. The van der Waals surface area contributed by atoms with Crippen molar-refractivity contribution in [1.82, 2.24) is 14.9 Å². The molecular formula is C9H12BrN5. The summed E-state index contributed by atoms with van der Waals surface area (Å²) in [4.78, 5) is 13.2. The molecule has 2 rings (SSSR count). The van der Waals surface area contributed by atoms with Gasteiger partial charge in [0.05, 0.1) is 23.7 Å². The molecule has 0 unspecified atom stereocenters. The van der Waals surface area contributed by atoms with Gasteiger partial charge in [-0.05, 0) is 15.9 Å². The lowest BCUT2D eigenvalue weighted by Gasteiger charge is -2.25. The molecule has 0 amide bonds. The van der Waals surface area contributed by atoms with Gasteiger partial charge in [0, 0.05) is 24.9 Å². The van der Waals surface area contributed by atoms with Crippen LogP contribution in [0.25, 0.3) is 0 Å². The summed E-state index contributed by atoms with van der Waals surface area (Å²) >= 11 is 3.45. The first-order valence-corrected chi connectivity index (χ1v) is 5.45. The summed E-state index contributed by atoms with van der Waals surface area (Å²) in [6.07, 6.45) is 6.16. The molecule has 15 heavy (non-hydrogen) atoms. The van der Waals surface area contributed by atoms with Gasteiger partial charge in [0.25, 0.3) is 0 Å². The first-order valence-electron chi connectivity index (χ1n) is 4.66. The van der Waals surface area contributed by atoms with Crippen LogP contribution in [0.1, 0.15) is 5.69 Å². The van der Waals surface area contributed by atoms with Crippen LogP contribution in [0.15, 0.2) is 28.3 Å². The number of hydrogen-bond donors (Lipinski definition) is 2. The molecule has 1 aliphatic rings. The molecule has 6 heteroatoms. The van der Waals surface area contributed by atoms with E-state index in [4.69, 9.17) is 5.73 Å². The minimum atomic E-state index is 0.641. The van der Waals surface area contributed by atoms with Gasteiger partial charge in [-0.3, -0.25) is 0 Å². The molecule has 3 N–H and O–H groups in total. The minimum absolute atomic E-state index is 0.641. The van der Waals surface area contributed by atoms with Crippen molar-refractivity contribution in [2.24, 2.45) is 10.7 Å². The maximum absolute atomic E-state index is 5.66. The van der Waals surface area contributed by atoms with Crippen molar-refractivity contribution in [3.8, 4) is 0 Å². The van der Waals surface area contributed by atoms with E-state index in [0.717, 1.165) is 23.3 Å². The summed E-state index contributed by atoms with van der Waals surface area (Å²) < 4.78 is 0.969. The predicted octanol–water partition coefficient (Wildman–Crippen LogP) is 0.819. The standard InChI is InChI=1S/C9H12BrN5/c10-8-4-13-9(11)5-15(8)2-1-7-3-12-6-14-7/h3-4,6H,1-2,5H2,(H2,11,13)(H,12,14). The minimum Gasteiger partial charge on any atom is -0.386 e. The van der Waals surface area contributed by atoms with E-state index in [9.17, 15) is 0 Å². The number of H-pyrrole nitrogens is 1. The fraction of sp³-hybridized carbons (Fsp3) is 0.333. The van der Waals surface area contributed by atoms with Gasteiger partial charge in [-0.2, -0.15) is 0 Å². The molecule has 0 fully saturated rings. The average Bonchev–Trinajstić information content (AvgIpc) is 2.72. The zero-order valence-electron chi connectivity index (χ0n) is 8.15. The SMILES string of the molecule is NC1=NC=C(Br)N(CCc2cnc[nH]2)C1.